The molecule has 1 N–H and O–H groups in total. The second-order valence-corrected chi connectivity index (χ2v) is 9.19. The molecule has 0 saturated heterocycles. The average molecular weight is 456 g/mol. The number of non-ortho nitro benzene ring substituents is 1. The number of imide groups is 1. The number of anilines is 1. The van der Waals surface area contributed by atoms with Crippen LogP contribution in [-0.4, -0.2) is 21.6 Å². The first-order valence-electron chi connectivity index (χ1n) is 10.9. The van der Waals surface area contributed by atoms with Gasteiger partial charge in [0.1, 0.15) is 5.70 Å². The number of nitro benzene ring substituents is 1. The summed E-state index contributed by atoms with van der Waals surface area (Å²) in [6.07, 6.45) is 0. The zero-order valence-corrected chi connectivity index (χ0v) is 19.2. The Morgan fingerprint density at radius 3 is 2.03 bits per heavy atom. The molecular formula is C27H25N3O4. The van der Waals surface area contributed by atoms with Crippen molar-refractivity contribution < 1.29 is 14.5 Å². The Hall–Kier alpha value is -4.26. The number of carbonyl (C=O) groups excluding carboxylic acids is 2. The maximum absolute atomic E-state index is 13.4. The zero-order chi connectivity index (χ0) is 24.5. The molecule has 0 radical (unpaired) electrons. The Kier molecular flexibility index (Phi) is 6.03. The molecular weight excluding hydrogens is 430 g/mol. The van der Waals surface area contributed by atoms with Gasteiger partial charge < -0.3 is 5.32 Å². The molecule has 0 bridgehead atoms. The Morgan fingerprint density at radius 1 is 0.853 bits per heavy atom. The minimum absolute atomic E-state index is 0.0205. The van der Waals surface area contributed by atoms with Gasteiger partial charge in [-0.25, -0.2) is 0 Å². The average Bonchev–Trinajstić information content (AvgIpc) is 3.04. The van der Waals surface area contributed by atoms with Gasteiger partial charge in [-0.2, -0.15) is 0 Å². The van der Waals surface area contributed by atoms with Gasteiger partial charge >= 0.3 is 0 Å². The molecule has 0 saturated carbocycles. The van der Waals surface area contributed by atoms with E-state index >= 15 is 0 Å². The quantitative estimate of drug-likeness (QED) is 0.310. The van der Waals surface area contributed by atoms with Crippen LogP contribution in [0.3, 0.4) is 0 Å². The van der Waals surface area contributed by atoms with Crippen molar-refractivity contribution in [1.82, 2.24) is 4.90 Å². The van der Waals surface area contributed by atoms with Crippen molar-refractivity contribution in [1.29, 1.82) is 0 Å². The van der Waals surface area contributed by atoms with Gasteiger partial charge in [0.05, 0.1) is 17.0 Å². The molecule has 7 nitrogen and oxygen atoms in total. The molecule has 172 valence electrons. The number of nitro groups is 1. The Labute approximate surface area is 197 Å². The van der Waals surface area contributed by atoms with Gasteiger partial charge in [0, 0.05) is 17.8 Å². The summed E-state index contributed by atoms with van der Waals surface area (Å²) < 4.78 is 0. The third-order valence-electron chi connectivity index (χ3n) is 5.74. The van der Waals surface area contributed by atoms with Crippen LogP contribution < -0.4 is 5.32 Å². The van der Waals surface area contributed by atoms with Gasteiger partial charge in [-0.05, 0) is 46.4 Å². The van der Waals surface area contributed by atoms with E-state index in [0.29, 0.717) is 11.3 Å². The van der Waals surface area contributed by atoms with Gasteiger partial charge in [0.25, 0.3) is 17.5 Å². The molecule has 2 amide bonds. The van der Waals surface area contributed by atoms with Crippen LogP contribution in [0.5, 0.6) is 0 Å². The van der Waals surface area contributed by atoms with Gasteiger partial charge in [0.2, 0.25) is 0 Å². The fourth-order valence-electron chi connectivity index (χ4n) is 3.82. The normalized spacial score (nSPS) is 14.0. The number of rotatable bonds is 6. The Morgan fingerprint density at radius 2 is 1.47 bits per heavy atom. The standard InChI is InChI=1S/C27H25N3O4/c1-27(2,3)20-11-13-21(14-12-20)28-24-23(19-9-15-22(16-10-19)30(33)34)25(31)29(26(24)32)17-18-7-5-4-6-8-18/h4-16,28H,17H2,1-3H3. The first-order chi connectivity index (χ1) is 16.1. The first-order valence-corrected chi connectivity index (χ1v) is 10.9. The highest BCUT2D eigenvalue weighted by Crippen LogP contribution is 2.33. The van der Waals surface area contributed by atoms with Gasteiger partial charge in [-0.3, -0.25) is 24.6 Å². The second-order valence-electron chi connectivity index (χ2n) is 9.19. The van der Waals surface area contributed by atoms with E-state index in [4.69, 9.17) is 0 Å². The van der Waals surface area contributed by atoms with E-state index in [-0.39, 0.29) is 28.9 Å². The first kappa shape index (κ1) is 22.9. The molecule has 1 aliphatic heterocycles. The summed E-state index contributed by atoms with van der Waals surface area (Å²) in [5.41, 5.74) is 3.31. The predicted molar refractivity (Wildman–Crippen MR) is 131 cm³/mol. The molecule has 0 fully saturated rings. The monoisotopic (exact) mass is 455 g/mol. The maximum Gasteiger partial charge on any atom is 0.278 e. The van der Waals surface area contributed by atoms with E-state index in [2.05, 4.69) is 26.1 Å². The molecule has 3 aromatic carbocycles. The fourth-order valence-corrected chi connectivity index (χ4v) is 3.82. The molecule has 1 heterocycles. The summed E-state index contributed by atoms with van der Waals surface area (Å²) in [4.78, 5) is 38.5. The number of nitrogens with zero attached hydrogens (tertiary/aromatic N) is 2. The van der Waals surface area contributed by atoms with Crippen molar-refractivity contribution in [3.05, 3.63) is 111 Å². The number of hydrogen-bond donors (Lipinski definition) is 1. The van der Waals surface area contributed by atoms with Crippen LogP contribution in [0.1, 0.15) is 37.5 Å². The lowest BCUT2D eigenvalue weighted by Gasteiger charge is -2.19. The second kappa shape index (κ2) is 8.94. The zero-order valence-electron chi connectivity index (χ0n) is 19.2. The topological polar surface area (TPSA) is 92.6 Å². The van der Waals surface area contributed by atoms with Crippen LogP contribution >= 0.6 is 0 Å². The smallest absolute Gasteiger partial charge is 0.278 e. The summed E-state index contributed by atoms with van der Waals surface area (Å²) in [5, 5.41) is 14.2. The fraction of sp³-hybridized carbons (Fsp3) is 0.185. The van der Waals surface area contributed by atoms with Crippen LogP contribution in [0.15, 0.2) is 84.6 Å². The lowest BCUT2D eigenvalue weighted by atomic mass is 9.87. The minimum atomic E-state index is -0.503. The highest BCUT2D eigenvalue weighted by molar-refractivity contribution is 6.36. The van der Waals surface area contributed by atoms with Crippen molar-refractivity contribution in [3.8, 4) is 0 Å². The lowest BCUT2D eigenvalue weighted by molar-refractivity contribution is -0.384. The molecule has 0 aromatic heterocycles. The predicted octanol–water partition coefficient (Wildman–Crippen LogP) is 5.28. The van der Waals surface area contributed by atoms with Crippen LogP contribution in [0, 0.1) is 10.1 Å². The van der Waals surface area contributed by atoms with Crippen LogP contribution in [0.25, 0.3) is 5.57 Å². The summed E-state index contributed by atoms with van der Waals surface area (Å²) in [6.45, 7) is 6.48. The van der Waals surface area contributed by atoms with E-state index < -0.39 is 16.7 Å². The Bertz CT molecular complexity index is 1270. The van der Waals surface area contributed by atoms with Crippen LogP contribution in [0.4, 0.5) is 11.4 Å². The molecule has 3 aromatic rings. The van der Waals surface area contributed by atoms with E-state index in [1.54, 1.807) is 0 Å². The number of hydrogen-bond acceptors (Lipinski definition) is 5. The van der Waals surface area contributed by atoms with Gasteiger partial charge in [-0.1, -0.05) is 63.2 Å². The largest absolute Gasteiger partial charge is 0.350 e. The van der Waals surface area contributed by atoms with Crippen LogP contribution in [-0.2, 0) is 21.5 Å². The number of nitrogens with one attached hydrogen (secondary N) is 1. The number of amides is 2. The molecule has 1 aliphatic rings. The van der Waals surface area contributed by atoms with E-state index in [0.717, 1.165) is 11.1 Å². The van der Waals surface area contributed by atoms with E-state index in [1.807, 2.05) is 54.6 Å². The summed E-state index contributed by atoms with van der Waals surface area (Å²) in [7, 11) is 0. The summed E-state index contributed by atoms with van der Waals surface area (Å²) >= 11 is 0. The molecule has 0 unspecified atom stereocenters. The highest BCUT2D eigenvalue weighted by atomic mass is 16.6. The summed E-state index contributed by atoms with van der Waals surface area (Å²) in [5.74, 6) is -0.890. The Balaban J connectivity index is 1.72. The number of benzene rings is 3. The van der Waals surface area contributed by atoms with Crippen molar-refractivity contribution in [3.63, 3.8) is 0 Å². The molecule has 7 heteroatoms. The van der Waals surface area contributed by atoms with E-state index in [1.165, 1.54) is 29.2 Å². The maximum atomic E-state index is 13.4. The SMILES string of the molecule is CC(C)(C)c1ccc(NC2=C(c3ccc([N+](=O)[O-])cc3)C(=O)N(Cc3ccccc3)C2=O)cc1. The molecule has 0 atom stereocenters. The van der Waals surface area contributed by atoms with Crippen molar-refractivity contribution in [2.45, 2.75) is 32.7 Å². The molecule has 0 aliphatic carbocycles. The van der Waals surface area contributed by atoms with Gasteiger partial charge in [0.15, 0.2) is 0 Å². The molecule has 4 rings (SSSR count). The van der Waals surface area contributed by atoms with E-state index in [9.17, 15) is 19.7 Å². The molecule has 0 spiro atoms. The van der Waals surface area contributed by atoms with Gasteiger partial charge in [-0.15, -0.1) is 0 Å². The van der Waals surface area contributed by atoms with Crippen molar-refractivity contribution in [2.24, 2.45) is 0 Å². The lowest BCUT2D eigenvalue weighted by Crippen LogP contribution is -2.32. The third-order valence-corrected chi connectivity index (χ3v) is 5.74. The molecule has 34 heavy (non-hydrogen) atoms. The highest BCUT2D eigenvalue weighted by Gasteiger charge is 2.39. The number of carbonyl (C=O) groups is 2. The van der Waals surface area contributed by atoms with Crippen LogP contribution in [0.2, 0.25) is 0 Å². The summed E-state index contributed by atoms with van der Waals surface area (Å²) in [6, 6.07) is 22.6. The third kappa shape index (κ3) is 4.59. The van der Waals surface area contributed by atoms with Crippen molar-refractivity contribution >= 4 is 28.8 Å². The van der Waals surface area contributed by atoms with Crippen molar-refractivity contribution in [2.75, 3.05) is 5.32 Å². The minimum Gasteiger partial charge on any atom is -0.350 e.